The second-order valence-corrected chi connectivity index (χ2v) is 9.76. The molecule has 35 heavy (non-hydrogen) atoms. The molecule has 0 aliphatic carbocycles. The first-order chi connectivity index (χ1) is 17.0. The van der Waals surface area contributed by atoms with E-state index in [-0.39, 0.29) is 34.9 Å². The predicted molar refractivity (Wildman–Crippen MR) is 131 cm³/mol. The molecule has 3 aromatic rings. The number of carbonyl (C=O) groups excluding carboxylic acids is 1. The predicted octanol–water partition coefficient (Wildman–Crippen LogP) is 3.81. The molecule has 2 fully saturated rings. The molecule has 6 rings (SSSR count). The molecule has 0 radical (unpaired) electrons. The van der Waals surface area contributed by atoms with E-state index in [0.29, 0.717) is 22.8 Å². The van der Waals surface area contributed by atoms with Gasteiger partial charge in [0.25, 0.3) is 5.91 Å². The lowest BCUT2D eigenvalue weighted by Gasteiger charge is -2.23. The van der Waals surface area contributed by atoms with Crippen molar-refractivity contribution >= 4 is 34.9 Å². The first-order valence-corrected chi connectivity index (χ1v) is 12.4. The summed E-state index contributed by atoms with van der Waals surface area (Å²) in [7, 11) is 0. The van der Waals surface area contributed by atoms with E-state index < -0.39 is 5.82 Å². The number of aromatic nitrogens is 2. The second kappa shape index (κ2) is 8.52. The molecule has 2 N–H and O–H groups in total. The molecule has 3 aliphatic heterocycles. The van der Waals surface area contributed by atoms with Crippen LogP contribution in [0.15, 0.2) is 42.6 Å². The highest BCUT2D eigenvalue weighted by Gasteiger charge is 2.42. The molecule has 0 unspecified atom stereocenters. The molecule has 1 spiro atoms. The summed E-state index contributed by atoms with van der Waals surface area (Å²) < 4.78 is 20.7. The zero-order chi connectivity index (χ0) is 24.0. The average Bonchev–Trinajstić information content (AvgIpc) is 3.61. The van der Waals surface area contributed by atoms with Gasteiger partial charge >= 0.3 is 0 Å². The van der Waals surface area contributed by atoms with Crippen LogP contribution in [0, 0.1) is 17.1 Å². The number of amides is 1. The van der Waals surface area contributed by atoms with Crippen molar-refractivity contribution in [2.75, 3.05) is 35.0 Å². The largest absolute Gasteiger partial charge is 0.367 e. The summed E-state index contributed by atoms with van der Waals surface area (Å²) in [4.78, 5) is 23.8. The van der Waals surface area contributed by atoms with Crippen molar-refractivity contribution in [3.8, 4) is 17.3 Å². The van der Waals surface area contributed by atoms with E-state index in [1.165, 1.54) is 12.1 Å². The van der Waals surface area contributed by atoms with Crippen molar-refractivity contribution in [3.05, 3.63) is 65.2 Å². The first-order valence-electron chi connectivity index (χ1n) is 11.3. The number of rotatable bonds is 4. The maximum atomic E-state index is 14.7. The molecular weight excluding hydrogens is 467 g/mol. The Morgan fingerprint density at radius 3 is 2.97 bits per heavy atom. The summed E-state index contributed by atoms with van der Waals surface area (Å²) in [5.74, 6) is 1.51. The number of fused-ring (bicyclic) bond motifs is 1. The van der Waals surface area contributed by atoms with Gasteiger partial charge in [0, 0.05) is 18.8 Å². The molecule has 1 atom stereocenters. The van der Waals surface area contributed by atoms with Crippen LogP contribution in [-0.4, -0.2) is 46.3 Å². The Balaban J connectivity index is 1.31. The van der Waals surface area contributed by atoms with Crippen molar-refractivity contribution in [1.29, 1.82) is 5.26 Å². The molecule has 2 aromatic heterocycles. The van der Waals surface area contributed by atoms with Crippen LogP contribution in [0.5, 0.6) is 0 Å². The summed E-state index contributed by atoms with van der Waals surface area (Å²) in [6.07, 6.45) is 2.80. The van der Waals surface area contributed by atoms with Crippen LogP contribution in [0.1, 0.15) is 28.0 Å². The smallest absolute Gasteiger partial charge is 0.255 e. The van der Waals surface area contributed by atoms with Crippen LogP contribution >= 0.6 is 11.8 Å². The molecule has 3 aliphatic rings. The van der Waals surface area contributed by atoms with Crippen molar-refractivity contribution in [1.82, 2.24) is 15.3 Å². The van der Waals surface area contributed by atoms with Crippen LogP contribution in [0.25, 0.3) is 11.3 Å². The number of nitriles is 1. The van der Waals surface area contributed by atoms with E-state index in [1.807, 2.05) is 30.0 Å². The maximum Gasteiger partial charge on any atom is 0.255 e. The van der Waals surface area contributed by atoms with E-state index in [2.05, 4.69) is 25.5 Å². The maximum absolute atomic E-state index is 14.7. The van der Waals surface area contributed by atoms with E-state index in [1.54, 1.807) is 18.3 Å². The van der Waals surface area contributed by atoms with Crippen molar-refractivity contribution in [3.63, 3.8) is 0 Å². The number of thioether (sulfide) groups is 1. The fourth-order valence-electron chi connectivity index (χ4n) is 4.86. The van der Waals surface area contributed by atoms with Crippen LogP contribution in [0.4, 0.5) is 21.6 Å². The monoisotopic (exact) mass is 488 g/mol. The number of hydrogen-bond acceptors (Lipinski definition) is 8. The lowest BCUT2D eigenvalue weighted by molar-refractivity contribution is 0.0339. The van der Waals surface area contributed by atoms with Crippen LogP contribution in [0.2, 0.25) is 0 Å². The molecule has 1 aromatic carbocycles. The number of nitrogens with one attached hydrogen (secondary N) is 2. The molecule has 2 saturated heterocycles. The van der Waals surface area contributed by atoms with Gasteiger partial charge < -0.3 is 20.3 Å². The van der Waals surface area contributed by atoms with Gasteiger partial charge in [0.15, 0.2) is 0 Å². The lowest BCUT2D eigenvalue weighted by atomic mass is 10.0. The Labute approximate surface area is 205 Å². The number of anilines is 3. The van der Waals surface area contributed by atoms with Gasteiger partial charge in [-0.1, -0.05) is 6.07 Å². The number of benzene rings is 1. The van der Waals surface area contributed by atoms with Crippen molar-refractivity contribution < 1.29 is 13.9 Å². The molecule has 0 bridgehead atoms. The van der Waals surface area contributed by atoms with E-state index >= 15 is 0 Å². The summed E-state index contributed by atoms with van der Waals surface area (Å²) in [5.41, 5.74) is 2.88. The Hall–Kier alpha value is -3.68. The number of pyridine rings is 2. The topological polar surface area (TPSA) is 103 Å². The first kappa shape index (κ1) is 21.8. The van der Waals surface area contributed by atoms with Gasteiger partial charge in [-0.25, -0.2) is 14.4 Å². The third kappa shape index (κ3) is 3.87. The molecule has 5 heterocycles. The lowest BCUT2D eigenvalue weighted by Crippen LogP contribution is -2.35. The van der Waals surface area contributed by atoms with Crippen LogP contribution in [-0.2, 0) is 11.3 Å². The summed E-state index contributed by atoms with van der Waals surface area (Å²) >= 11 is 1.83. The Morgan fingerprint density at radius 2 is 2.20 bits per heavy atom. The highest BCUT2D eigenvalue weighted by atomic mass is 32.2. The Morgan fingerprint density at radius 1 is 1.29 bits per heavy atom. The minimum absolute atomic E-state index is 0.0576. The van der Waals surface area contributed by atoms with Gasteiger partial charge in [0.1, 0.15) is 11.6 Å². The molecule has 10 heteroatoms. The van der Waals surface area contributed by atoms with Gasteiger partial charge in [-0.2, -0.15) is 5.26 Å². The third-order valence-electron chi connectivity index (χ3n) is 6.63. The SMILES string of the molecule is N#Cc1cccc(F)c1-c1cc(Nc2ccc(N3CC[C@]4(CSCO4)C3)cn2)c2c(n1)CNC2=O. The second-order valence-electron chi connectivity index (χ2n) is 8.83. The standard InChI is InChI=1S/C25H21FN6O2S/c26-17-3-1-2-15(9-27)22(17)18-8-19(23-20(30-18)11-29-24(23)33)31-21-5-4-16(10-28-21)32-7-6-25(12-32)13-35-14-34-25/h1-5,8,10H,6-7,11-14H2,(H,29,33)(H,28,30,31)/t25-/m1/s1. The Bertz CT molecular complexity index is 1370. The fourth-order valence-corrected chi connectivity index (χ4v) is 5.97. The number of halogens is 1. The van der Waals surface area contributed by atoms with Crippen LogP contribution in [0.3, 0.4) is 0 Å². The summed E-state index contributed by atoms with van der Waals surface area (Å²) in [6.45, 7) is 2.00. The molecule has 0 saturated carbocycles. The van der Waals surface area contributed by atoms with E-state index in [9.17, 15) is 14.4 Å². The highest BCUT2D eigenvalue weighted by Crippen LogP contribution is 2.38. The van der Waals surface area contributed by atoms with Gasteiger partial charge in [0.05, 0.1) is 69.8 Å². The third-order valence-corrected chi connectivity index (χ3v) is 7.65. The van der Waals surface area contributed by atoms with Crippen molar-refractivity contribution in [2.24, 2.45) is 0 Å². The van der Waals surface area contributed by atoms with E-state index in [0.717, 1.165) is 36.9 Å². The molecule has 8 nitrogen and oxygen atoms in total. The minimum atomic E-state index is -0.546. The molecule has 176 valence electrons. The fraction of sp³-hybridized carbons (Fsp3) is 0.280. The quantitative estimate of drug-likeness (QED) is 0.572. The average molecular weight is 489 g/mol. The van der Waals surface area contributed by atoms with Gasteiger partial charge in [-0.3, -0.25) is 4.79 Å². The molecule has 1 amide bonds. The van der Waals surface area contributed by atoms with E-state index in [4.69, 9.17) is 4.74 Å². The number of ether oxygens (including phenoxy) is 1. The minimum Gasteiger partial charge on any atom is -0.367 e. The van der Waals surface area contributed by atoms with Gasteiger partial charge in [-0.15, -0.1) is 11.8 Å². The van der Waals surface area contributed by atoms with Crippen LogP contribution < -0.4 is 15.5 Å². The number of carbonyl (C=O) groups is 1. The molecular formula is C25H21FN6O2S. The van der Waals surface area contributed by atoms with Gasteiger partial charge in [-0.05, 0) is 36.8 Å². The van der Waals surface area contributed by atoms with Crippen molar-refractivity contribution in [2.45, 2.75) is 18.6 Å². The zero-order valence-electron chi connectivity index (χ0n) is 18.7. The number of nitrogens with zero attached hydrogens (tertiary/aromatic N) is 4. The summed E-state index contributed by atoms with van der Waals surface area (Å²) in [5, 5.41) is 15.4. The normalized spacial score (nSPS) is 20.7. The Kier molecular flexibility index (Phi) is 5.31. The summed E-state index contributed by atoms with van der Waals surface area (Å²) in [6, 6.07) is 11.8. The number of hydrogen-bond donors (Lipinski definition) is 2. The zero-order valence-corrected chi connectivity index (χ0v) is 19.5. The highest BCUT2D eigenvalue weighted by molar-refractivity contribution is 7.99. The van der Waals surface area contributed by atoms with Gasteiger partial charge in [0.2, 0.25) is 0 Å².